The van der Waals surface area contributed by atoms with E-state index in [1.54, 1.807) is 26.3 Å². The molecule has 0 bridgehead atoms. The van der Waals surface area contributed by atoms with Gasteiger partial charge in [0.15, 0.2) is 5.96 Å². The lowest BCUT2D eigenvalue weighted by molar-refractivity contribution is 0.0732. The Kier molecular flexibility index (Phi) is 7.73. The fourth-order valence-corrected chi connectivity index (χ4v) is 3.05. The average molecular weight is 346 g/mol. The average Bonchev–Trinajstić information content (AvgIpc) is 2.62. The molecule has 0 atom stereocenters. The molecule has 0 aromatic heterocycles. The molecule has 1 amide bonds. The van der Waals surface area contributed by atoms with Gasteiger partial charge in [0.2, 0.25) is 0 Å². The molecule has 2 rings (SSSR count). The van der Waals surface area contributed by atoms with Crippen molar-refractivity contribution < 1.29 is 9.53 Å². The molecule has 0 heterocycles. The van der Waals surface area contributed by atoms with Crippen molar-refractivity contribution in [3.05, 3.63) is 35.9 Å². The van der Waals surface area contributed by atoms with Crippen molar-refractivity contribution in [3.8, 4) is 0 Å². The molecule has 1 aliphatic rings. The third-order valence-electron chi connectivity index (χ3n) is 4.84. The van der Waals surface area contributed by atoms with Crippen LogP contribution in [-0.2, 0) is 4.74 Å². The minimum Gasteiger partial charge on any atom is -0.385 e. The summed E-state index contributed by atoms with van der Waals surface area (Å²) in [7, 11) is 3.52. The maximum Gasteiger partial charge on any atom is 0.251 e. The summed E-state index contributed by atoms with van der Waals surface area (Å²) < 4.78 is 5.23. The first-order valence-electron chi connectivity index (χ1n) is 8.96. The molecule has 0 radical (unpaired) electrons. The van der Waals surface area contributed by atoms with Crippen LogP contribution in [0.3, 0.4) is 0 Å². The number of rotatable bonds is 9. The predicted octanol–water partition coefficient (Wildman–Crippen LogP) is 1.79. The standard InChI is InChI=1S/C19H30N4O2/c1-20-18(23-15-19(9-6-10-19)11-14-25-2)22-13-12-21-17(24)16-7-4-3-5-8-16/h3-5,7-8H,6,9-15H2,1-2H3,(H,21,24)(H2,20,22,23). The molecule has 1 saturated carbocycles. The summed E-state index contributed by atoms with van der Waals surface area (Å²) in [6.45, 7) is 2.89. The SMILES string of the molecule is CN=C(NCCNC(=O)c1ccccc1)NCC1(CCOC)CCC1. The van der Waals surface area contributed by atoms with E-state index >= 15 is 0 Å². The number of nitrogens with zero attached hydrogens (tertiary/aromatic N) is 1. The van der Waals surface area contributed by atoms with Crippen molar-refractivity contribution in [2.75, 3.05) is 40.4 Å². The molecule has 6 heteroatoms. The number of carbonyl (C=O) groups excluding carboxylic acids is 1. The largest absolute Gasteiger partial charge is 0.385 e. The van der Waals surface area contributed by atoms with Crippen molar-refractivity contribution in [3.63, 3.8) is 0 Å². The van der Waals surface area contributed by atoms with Crippen LogP contribution in [0.15, 0.2) is 35.3 Å². The van der Waals surface area contributed by atoms with Gasteiger partial charge < -0.3 is 20.7 Å². The summed E-state index contributed by atoms with van der Waals surface area (Å²) >= 11 is 0. The van der Waals surface area contributed by atoms with Crippen LogP contribution in [0.4, 0.5) is 0 Å². The van der Waals surface area contributed by atoms with Crippen LogP contribution in [0.2, 0.25) is 0 Å². The lowest BCUT2D eigenvalue weighted by atomic mass is 9.67. The van der Waals surface area contributed by atoms with E-state index in [1.165, 1.54) is 19.3 Å². The molecule has 1 fully saturated rings. The number of nitrogens with one attached hydrogen (secondary N) is 3. The lowest BCUT2D eigenvalue weighted by Crippen LogP contribution is -2.48. The molecule has 25 heavy (non-hydrogen) atoms. The zero-order valence-electron chi connectivity index (χ0n) is 15.3. The zero-order valence-corrected chi connectivity index (χ0v) is 15.3. The molecule has 1 aliphatic carbocycles. The van der Waals surface area contributed by atoms with E-state index in [9.17, 15) is 4.79 Å². The molecule has 0 unspecified atom stereocenters. The lowest BCUT2D eigenvalue weighted by Gasteiger charge is -2.42. The van der Waals surface area contributed by atoms with Crippen LogP contribution in [0.1, 0.15) is 36.0 Å². The Morgan fingerprint density at radius 3 is 2.48 bits per heavy atom. The van der Waals surface area contributed by atoms with E-state index in [4.69, 9.17) is 4.74 Å². The molecule has 1 aromatic rings. The van der Waals surface area contributed by atoms with Gasteiger partial charge >= 0.3 is 0 Å². The predicted molar refractivity (Wildman–Crippen MR) is 101 cm³/mol. The Hall–Kier alpha value is -2.08. The van der Waals surface area contributed by atoms with Crippen LogP contribution < -0.4 is 16.0 Å². The van der Waals surface area contributed by atoms with Gasteiger partial charge in [0.05, 0.1) is 0 Å². The topological polar surface area (TPSA) is 74.8 Å². The zero-order chi connectivity index (χ0) is 18.0. The Morgan fingerprint density at radius 1 is 1.16 bits per heavy atom. The smallest absolute Gasteiger partial charge is 0.251 e. The van der Waals surface area contributed by atoms with Crippen LogP contribution in [-0.4, -0.2) is 52.3 Å². The molecule has 3 N–H and O–H groups in total. The van der Waals surface area contributed by atoms with Crippen molar-refractivity contribution in [2.24, 2.45) is 10.4 Å². The van der Waals surface area contributed by atoms with Gasteiger partial charge in [-0.15, -0.1) is 0 Å². The number of hydrogen-bond acceptors (Lipinski definition) is 3. The molecule has 6 nitrogen and oxygen atoms in total. The monoisotopic (exact) mass is 346 g/mol. The normalized spacial score (nSPS) is 16.0. The molecule has 0 aliphatic heterocycles. The van der Waals surface area contributed by atoms with E-state index < -0.39 is 0 Å². The Balaban J connectivity index is 1.66. The Morgan fingerprint density at radius 2 is 1.88 bits per heavy atom. The molecule has 1 aromatic carbocycles. The number of carbonyl (C=O) groups is 1. The van der Waals surface area contributed by atoms with Crippen molar-refractivity contribution in [1.82, 2.24) is 16.0 Å². The Bertz CT molecular complexity index is 556. The number of benzene rings is 1. The third kappa shape index (κ3) is 6.05. The highest BCUT2D eigenvalue weighted by Crippen LogP contribution is 2.43. The van der Waals surface area contributed by atoms with E-state index in [0.29, 0.717) is 24.1 Å². The minimum atomic E-state index is -0.0571. The summed E-state index contributed by atoms with van der Waals surface area (Å²) in [5, 5.41) is 9.56. The Labute approximate surface area is 150 Å². The fraction of sp³-hybridized carbons (Fsp3) is 0.579. The molecular formula is C19H30N4O2. The molecular weight excluding hydrogens is 316 g/mol. The van der Waals surface area contributed by atoms with Gasteiger partial charge in [-0.1, -0.05) is 24.6 Å². The highest BCUT2D eigenvalue weighted by atomic mass is 16.5. The summed E-state index contributed by atoms with van der Waals surface area (Å²) in [6, 6.07) is 9.23. The number of amides is 1. The molecule has 138 valence electrons. The van der Waals surface area contributed by atoms with E-state index in [0.717, 1.165) is 25.5 Å². The molecule has 0 spiro atoms. The van der Waals surface area contributed by atoms with E-state index in [2.05, 4.69) is 20.9 Å². The van der Waals surface area contributed by atoms with Gasteiger partial charge in [-0.05, 0) is 36.8 Å². The summed E-state index contributed by atoms with van der Waals surface area (Å²) in [5.41, 5.74) is 1.02. The highest BCUT2D eigenvalue weighted by Gasteiger charge is 2.36. The number of methoxy groups -OCH3 is 1. The number of hydrogen-bond donors (Lipinski definition) is 3. The van der Waals surface area contributed by atoms with Gasteiger partial charge in [0.25, 0.3) is 5.91 Å². The first kappa shape index (κ1) is 19.2. The van der Waals surface area contributed by atoms with Gasteiger partial charge in [0.1, 0.15) is 0 Å². The van der Waals surface area contributed by atoms with Gasteiger partial charge in [-0.2, -0.15) is 0 Å². The first-order chi connectivity index (χ1) is 12.2. The van der Waals surface area contributed by atoms with Crippen LogP contribution in [0.25, 0.3) is 0 Å². The minimum absolute atomic E-state index is 0.0571. The quantitative estimate of drug-likeness (QED) is 0.362. The van der Waals surface area contributed by atoms with Gasteiger partial charge in [-0.25, -0.2) is 0 Å². The second kappa shape index (κ2) is 10.0. The second-order valence-electron chi connectivity index (χ2n) is 6.57. The van der Waals surface area contributed by atoms with Crippen LogP contribution >= 0.6 is 0 Å². The number of guanidine groups is 1. The van der Waals surface area contributed by atoms with E-state index in [1.807, 2.05) is 18.2 Å². The van der Waals surface area contributed by atoms with Crippen LogP contribution in [0.5, 0.6) is 0 Å². The highest BCUT2D eigenvalue weighted by molar-refractivity contribution is 5.94. The summed E-state index contributed by atoms with van der Waals surface area (Å²) in [5.74, 6) is 0.719. The first-order valence-corrected chi connectivity index (χ1v) is 8.96. The maximum absolute atomic E-state index is 12.0. The van der Waals surface area contributed by atoms with Crippen LogP contribution in [0, 0.1) is 5.41 Å². The maximum atomic E-state index is 12.0. The van der Waals surface area contributed by atoms with Crippen molar-refractivity contribution in [2.45, 2.75) is 25.7 Å². The van der Waals surface area contributed by atoms with E-state index in [-0.39, 0.29) is 5.91 Å². The van der Waals surface area contributed by atoms with Crippen molar-refractivity contribution >= 4 is 11.9 Å². The van der Waals surface area contributed by atoms with Gasteiger partial charge in [0, 0.05) is 46.0 Å². The molecule has 0 saturated heterocycles. The summed E-state index contributed by atoms with van der Waals surface area (Å²) in [4.78, 5) is 16.2. The summed E-state index contributed by atoms with van der Waals surface area (Å²) in [6.07, 6.45) is 4.87. The fourth-order valence-electron chi connectivity index (χ4n) is 3.05. The third-order valence-corrected chi connectivity index (χ3v) is 4.84. The number of aliphatic imine (C=N–C) groups is 1. The van der Waals surface area contributed by atoms with Gasteiger partial charge in [-0.3, -0.25) is 9.79 Å². The van der Waals surface area contributed by atoms with Crippen molar-refractivity contribution in [1.29, 1.82) is 0 Å². The number of ether oxygens (including phenoxy) is 1. The second-order valence-corrected chi connectivity index (χ2v) is 6.57.